The Morgan fingerprint density at radius 3 is 2.95 bits per heavy atom. The maximum absolute atomic E-state index is 9.35. The molecule has 3 rings (SSSR count). The maximum atomic E-state index is 9.35. The summed E-state index contributed by atoms with van der Waals surface area (Å²) in [6.45, 7) is -0.00143. The largest absolute Gasteiger partial charge is 0.434 e. The summed E-state index contributed by atoms with van der Waals surface area (Å²) in [5.74, 6) is 0.495. The number of aliphatic hydroxyl groups is 2. The number of hydrogen-bond acceptors (Lipinski definition) is 6. The number of nitrogens with one attached hydrogen (secondary N) is 1. The van der Waals surface area contributed by atoms with Crippen molar-refractivity contribution in [2.45, 2.75) is 6.10 Å². The molecular weight excluding hydrogens is 270 g/mol. The molecule has 1 unspecified atom stereocenters. The summed E-state index contributed by atoms with van der Waals surface area (Å²) in [6, 6.07) is 11.1. The number of aromatic nitrogens is 2. The molecule has 0 radical (unpaired) electrons. The van der Waals surface area contributed by atoms with E-state index >= 15 is 0 Å². The van der Waals surface area contributed by atoms with Crippen molar-refractivity contribution in [2.24, 2.45) is 0 Å². The van der Waals surface area contributed by atoms with Crippen LogP contribution < -0.4 is 5.32 Å². The van der Waals surface area contributed by atoms with E-state index < -0.39 is 6.10 Å². The van der Waals surface area contributed by atoms with Crippen LogP contribution in [-0.4, -0.2) is 39.4 Å². The summed E-state index contributed by atoms with van der Waals surface area (Å²) in [6.07, 6.45) is 0.880. The zero-order chi connectivity index (χ0) is 14.7. The van der Waals surface area contributed by atoms with Crippen molar-refractivity contribution < 1.29 is 14.6 Å². The second kappa shape index (κ2) is 5.90. The van der Waals surface area contributed by atoms with Crippen LogP contribution in [0.5, 0.6) is 0 Å². The van der Waals surface area contributed by atoms with Crippen LogP contribution in [0.4, 0.5) is 5.69 Å². The minimum Gasteiger partial charge on any atom is -0.434 e. The molecule has 21 heavy (non-hydrogen) atoms. The van der Waals surface area contributed by atoms with E-state index in [0.717, 1.165) is 11.3 Å². The molecule has 0 saturated carbocycles. The third-order valence-corrected chi connectivity index (χ3v) is 3.03. The summed E-state index contributed by atoms with van der Waals surface area (Å²) in [5.41, 5.74) is 2.84. The van der Waals surface area contributed by atoms with Gasteiger partial charge in [-0.05, 0) is 30.3 Å². The van der Waals surface area contributed by atoms with E-state index in [1.165, 1.54) is 0 Å². The van der Waals surface area contributed by atoms with Gasteiger partial charge in [0.2, 0.25) is 5.89 Å². The first-order valence-electron chi connectivity index (χ1n) is 6.61. The first-order valence-corrected chi connectivity index (χ1v) is 6.61. The molecule has 6 heteroatoms. The first-order chi connectivity index (χ1) is 10.3. The minimum absolute atomic E-state index is 0.273. The Morgan fingerprint density at radius 2 is 2.14 bits per heavy atom. The number of nitrogens with zero attached hydrogens (tertiary/aromatic N) is 2. The molecule has 0 bridgehead atoms. The van der Waals surface area contributed by atoms with E-state index in [0.29, 0.717) is 17.1 Å². The molecule has 3 aromatic rings. The molecule has 0 aliphatic heterocycles. The summed E-state index contributed by atoms with van der Waals surface area (Å²) < 4.78 is 5.67. The monoisotopic (exact) mass is 285 g/mol. The fraction of sp³-hybridized carbons (Fsp3) is 0.200. The molecule has 2 aromatic heterocycles. The van der Waals surface area contributed by atoms with Crippen LogP contribution in [-0.2, 0) is 0 Å². The van der Waals surface area contributed by atoms with Gasteiger partial charge in [0.05, 0.1) is 12.7 Å². The standard InChI is InChI=1S/C15H15N3O3/c19-9-12(20)8-17-11-4-1-3-10(7-11)15-18-14-13(21-15)5-2-6-16-14/h1-7,12,17,19-20H,8-9H2. The summed E-state index contributed by atoms with van der Waals surface area (Å²) in [5, 5.41) is 21.2. The second-order valence-electron chi connectivity index (χ2n) is 4.64. The van der Waals surface area contributed by atoms with Gasteiger partial charge in [0.1, 0.15) is 0 Å². The lowest BCUT2D eigenvalue weighted by molar-refractivity contribution is 0.105. The number of benzene rings is 1. The van der Waals surface area contributed by atoms with Crippen molar-refractivity contribution in [1.82, 2.24) is 9.97 Å². The van der Waals surface area contributed by atoms with Crippen molar-refractivity contribution in [3.8, 4) is 11.5 Å². The topological polar surface area (TPSA) is 91.4 Å². The molecule has 0 fully saturated rings. The van der Waals surface area contributed by atoms with Crippen molar-refractivity contribution in [2.75, 3.05) is 18.5 Å². The number of pyridine rings is 1. The average molecular weight is 285 g/mol. The fourth-order valence-electron chi connectivity index (χ4n) is 1.95. The van der Waals surface area contributed by atoms with E-state index in [2.05, 4.69) is 15.3 Å². The molecule has 0 aliphatic carbocycles. The quantitative estimate of drug-likeness (QED) is 0.660. The lowest BCUT2D eigenvalue weighted by Gasteiger charge is -2.10. The molecule has 0 saturated heterocycles. The van der Waals surface area contributed by atoms with E-state index in [4.69, 9.17) is 9.52 Å². The van der Waals surface area contributed by atoms with Gasteiger partial charge in [0, 0.05) is 24.0 Å². The second-order valence-corrected chi connectivity index (χ2v) is 4.64. The molecule has 1 atom stereocenters. The molecule has 6 nitrogen and oxygen atoms in total. The van der Waals surface area contributed by atoms with Crippen LogP contribution in [0.15, 0.2) is 47.0 Å². The Morgan fingerprint density at radius 1 is 1.24 bits per heavy atom. The third kappa shape index (κ3) is 3.01. The maximum Gasteiger partial charge on any atom is 0.228 e. The van der Waals surface area contributed by atoms with Crippen LogP contribution >= 0.6 is 0 Å². The van der Waals surface area contributed by atoms with E-state index in [-0.39, 0.29) is 13.2 Å². The van der Waals surface area contributed by atoms with Crippen LogP contribution in [0.1, 0.15) is 0 Å². The highest BCUT2D eigenvalue weighted by Crippen LogP contribution is 2.25. The molecule has 2 heterocycles. The lowest BCUT2D eigenvalue weighted by Crippen LogP contribution is -2.22. The van der Waals surface area contributed by atoms with Gasteiger partial charge in [-0.3, -0.25) is 0 Å². The zero-order valence-electron chi connectivity index (χ0n) is 11.2. The molecule has 1 aromatic carbocycles. The van der Waals surface area contributed by atoms with Gasteiger partial charge < -0.3 is 19.9 Å². The van der Waals surface area contributed by atoms with Crippen molar-refractivity contribution in [3.05, 3.63) is 42.6 Å². The van der Waals surface area contributed by atoms with E-state index in [9.17, 15) is 5.11 Å². The summed E-state index contributed by atoms with van der Waals surface area (Å²) >= 11 is 0. The highest BCUT2D eigenvalue weighted by molar-refractivity contribution is 5.73. The Balaban J connectivity index is 1.85. The van der Waals surface area contributed by atoms with Crippen molar-refractivity contribution in [3.63, 3.8) is 0 Å². The Bertz CT molecular complexity index is 709. The molecule has 0 aliphatic rings. The predicted molar refractivity (Wildman–Crippen MR) is 78.8 cm³/mol. The van der Waals surface area contributed by atoms with Crippen LogP contribution in [0.3, 0.4) is 0 Å². The van der Waals surface area contributed by atoms with Gasteiger partial charge in [-0.25, -0.2) is 4.98 Å². The zero-order valence-corrected chi connectivity index (χ0v) is 11.2. The number of aliphatic hydroxyl groups excluding tert-OH is 2. The van der Waals surface area contributed by atoms with Gasteiger partial charge in [-0.2, -0.15) is 4.98 Å². The number of hydrogen-bond donors (Lipinski definition) is 3. The van der Waals surface area contributed by atoms with Crippen molar-refractivity contribution in [1.29, 1.82) is 0 Å². The van der Waals surface area contributed by atoms with Crippen LogP contribution in [0, 0.1) is 0 Å². The summed E-state index contributed by atoms with van der Waals surface area (Å²) in [7, 11) is 0. The smallest absolute Gasteiger partial charge is 0.228 e. The molecular formula is C15H15N3O3. The summed E-state index contributed by atoms with van der Waals surface area (Å²) in [4.78, 5) is 8.48. The highest BCUT2D eigenvalue weighted by Gasteiger charge is 2.09. The van der Waals surface area contributed by atoms with E-state index in [1.54, 1.807) is 12.3 Å². The Kier molecular flexibility index (Phi) is 3.81. The number of rotatable bonds is 5. The predicted octanol–water partition coefficient (Wildman–Crippen LogP) is 1.65. The normalized spacial score (nSPS) is 12.5. The number of anilines is 1. The Labute approximate surface area is 121 Å². The third-order valence-electron chi connectivity index (χ3n) is 3.03. The van der Waals surface area contributed by atoms with Gasteiger partial charge in [-0.1, -0.05) is 6.07 Å². The Hall–Kier alpha value is -2.44. The molecule has 3 N–H and O–H groups in total. The van der Waals surface area contributed by atoms with Gasteiger partial charge in [0.15, 0.2) is 11.2 Å². The number of fused-ring (bicyclic) bond motifs is 1. The fourth-order valence-corrected chi connectivity index (χ4v) is 1.95. The lowest BCUT2D eigenvalue weighted by atomic mass is 10.2. The SMILES string of the molecule is OCC(O)CNc1cccc(-c2nc3ncccc3o2)c1. The van der Waals surface area contributed by atoms with Crippen molar-refractivity contribution >= 4 is 16.9 Å². The molecule has 0 amide bonds. The molecule has 108 valence electrons. The minimum atomic E-state index is -0.790. The van der Waals surface area contributed by atoms with Crippen LogP contribution in [0.25, 0.3) is 22.7 Å². The average Bonchev–Trinajstić information content (AvgIpc) is 2.97. The van der Waals surface area contributed by atoms with E-state index in [1.807, 2.05) is 30.3 Å². The van der Waals surface area contributed by atoms with Crippen LogP contribution in [0.2, 0.25) is 0 Å². The molecule has 0 spiro atoms. The van der Waals surface area contributed by atoms with Gasteiger partial charge in [-0.15, -0.1) is 0 Å². The number of oxazole rings is 1. The van der Waals surface area contributed by atoms with Gasteiger partial charge >= 0.3 is 0 Å². The van der Waals surface area contributed by atoms with Gasteiger partial charge in [0.25, 0.3) is 0 Å². The first kappa shape index (κ1) is 13.5. The highest BCUT2D eigenvalue weighted by atomic mass is 16.3.